The molecule has 0 aliphatic heterocycles. The second-order valence-corrected chi connectivity index (χ2v) is 7.05. The van der Waals surface area contributed by atoms with E-state index in [0.717, 1.165) is 28.1 Å². The molecule has 0 fully saturated rings. The number of ether oxygens (including phenoxy) is 3. The summed E-state index contributed by atoms with van der Waals surface area (Å²) in [5.41, 5.74) is 4.26. The molecule has 1 amide bonds. The van der Waals surface area contributed by atoms with Gasteiger partial charge >= 0.3 is 0 Å². The standard InChI is InChI=1S/C24H28N2O5/c1-5-29-14-20-9-7-6-8-19(20)13-25-24(27)18-10-11-22(23(12-18)28-4)30-15-21-16(2)26-31-17(21)3/h6-12H,5,13-15H2,1-4H3,(H,25,27). The first kappa shape index (κ1) is 22.4. The number of methoxy groups -OCH3 is 1. The van der Waals surface area contributed by atoms with E-state index in [9.17, 15) is 4.79 Å². The van der Waals surface area contributed by atoms with Gasteiger partial charge in [-0.25, -0.2) is 0 Å². The molecule has 2 aromatic carbocycles. The lowest BCUT2D eigenvalue weighted by molar-refractivity contribution is 0.0949. The first-order valence-electron chi connectivity index (χ1n) is 10.2. The second-order valence-electron chi connectivity index (χ2n) is 7.05. The van der Waals surface area contributed by atoms with Crippen molar-refractivity contribution in [2.75, 3.05) is 13.7 Å². The van der Waals surface area contributed by atoms with Gasteiger partial charge in [-0.3, -0.25) is 4.79 Å². The Balaban J connectivity index is 1.66. The fourth-order valence-corrected chi connectivity index (χ4v) is 3.15. The van der Waals surface area contributed by atoms with Crippen molar-refractivity contribution in [3.8, 4) is 11.5 Å². The van der Waals surface area contributed by atoms with Crippen LogP contribution in [0.3, 0.4) is 0 Å². The highest BCUT2D eigenvalue weighted by Crippen LogP contribution is 2.29. The van der Waals surface area contributed by atoms with Gasteiger partial charge in [-0.1, -0.05) is 29.4 Å². The molecule has 0 aliphatic rings. The van der Waals surface area contributed by atoms with Crippen LogP contribution in [0, 0.1) is 13.8 Å². The zero-order valence-electron chi connectivity index (χ0n) is 18.4. The first-order chi connectivity index (χ1) is 15.0. The third-order valence-electron chi connectivity index (χ3n) is 5.00. The number of hydrogen-bond acceptors (Lipinski definition) is 6. The normalized spacial score (nSPS) is 10.7. The number of amides is 1. The van der Waals surface area contributed by atoms with E-state index in [1.54, 1.807) is 25.3 Å². The van der Waals surface area contributed by atoms with Crippen molar-refractivity contribution < 1.29 is 23.5 Å². The maximum Gasteiger partial charge on any atom is 0.251 e. The number of nitrogens with zero attached hydrogens (tertiary/aromatic N) is 1. The summed E-state index contributed by atoms with van der Waals surface area (Å²) >= 11 is 0. The lowest BCUT2D eigenvalue weighted by Gasteiger charge is -2.13. The summed E-state index contributed by atoms with van der Waals surface area (Å²) in [5.74, 6) is 1.55. The van der Waals surface area contributed by atoms with Crippen molar-refractivity contribution in [1.29, 1.82) is 0 Å². The molecular weight excluding hydrogens is 396 g/mol. The molecule has 164 valence electrons. The van der Waals surface area contributed by atoms with Gasteiger partial charge in [-0.15, -0.1) is 0 Å². The van der Waals surface area contributed by atoms with Crippen LogP contribution in [0.1, 0.15) is 45.4 Å². The molecule has 3 aromatic rings. The van der Waals surface area contributed by atoms with Crippen LogP contribution in [0.15, 0.2) is 47.0 Å². The minimum Gasteiger partial charge on any atom is -0.493 e. The zero-order chi connectivity index (χ0) is 22.2. The SMILES string of the molecule is CCOCc1ccccc1CNC(=O)c1ccc(OCc2c(C)noc2C)c(OC)c1. The van der Waals surface area contributed by atoms with E-state index >= 15 is 0 Å². The lowest BCUT2D eigenvalue weighted by atomic mass is 10.1. The van der Waals surface area contributed by atoms with E-state index in [-0.39, 0.29) is 5.91 Å². The van der Waals surface area contributed by atoms with E-state index < -0.39 is 0 Å². The van der Waals surface area contributed by atoms with Gasteiger partial charge < -0.3 is 24.1 Å². The molecule has 1 aromatic heterocycles. The minimum absolute atomic E-state index is 0.193. The van der Waals surface area contributed by atoms with Crippen LogP contribution in [0.25, 0.3) is 0 Å². The molecule has 1 N–H and O–H groups in total. The van der Waals surface area contributed by atoms with E-state index in [1.165, 1.54) is 0 Å². The largest absolute Gasteiger partial charge is 0.493 e. The van der Waals surface area contributed by atoms with Gasteiger partial charge in [-0.05, 0) is 50.1 Å². The number of carbonyl (C=O) groups is 1. The van der Waals surface area contributed by atoms with Crippen molar-refractivity contribution >= 4 is 5.91 Å². The smallest absolute Gasteiger partial charge is 0.251 e. The summed E-state index contributed by atoms with van der Waals surface area (Å²) in [5, 5.41) is 6.89. The Kier molecular flexibility index (Phi) is 7.67. The lowest BCUT2D eigenvalue weighted by Crippen LogP contribution is -2.23. The van der Waals surface area contributed by atoms with Crippen LogP contribution in [-0.4, -0.2) is 24.8 Å². The fraction of sp³-hybridized carbons (Fsp3) is 0.333. The monoisotopic (exact) mass is 424 g/mol. The number of benzene rings is 2. The predicted octanol–water partition coefficient (Wildman–Crippen LogP) is 4.35. The molecule has 1 heterocycles. The second kappa shape index (κ2) is 10.6. The van der Waals surface area contributed by atoms with E-state index in [2.05, 4.69) is 10.5 Å². The Bertz CT molecular complexity index is 1010. The topological polar surface area (TPSA) is 82.8 Å². The van der Waals surface area contributed by atoms with Gasteiger partial charge in [0.25, 0.3) is 5.91 Å². The average Bonchev–Trinajstić information content (AvgIpc) is 3.12. The molecule has 7 nitrogen and oxygen atoms in total. The Labute approximate surface area is 182 Å². The molecule has 0 radical (unpaired) electrons. The summed E-state index contributed by atoms with van der Waals surface area (Å²) in [4.78, 5) is 12.7. The molecule has 3 rings (SSSR count). The zero-order valence-corrected chi connectivity index (χ0v) is 18.4. The number of hydrogen-bond donors (Lipinski definition) is 1. The van der Waals surface area contributed by atoms with Crippen LogP contribution in [-0.2, 0) is 24.5 Å². The van der Waals surface area contributed by atoms with Crippen molar-refractivity contribution in [2.45, 2.75) is 40.5 Å². The third-order valence-corrected chi connectivity index (χ3v) is 5.00. The Morgan fingerprint density at radius 3 is 2.52 bits per heavy atom. The van der Waals surface area contributed by atoms with Crippen molar-refractivity contribution in [1.82, 2.24) is 10.5 Å². The predicted molar refractivity (Wildman–Crippen MR) is 116 cm³/mol. The number of aromatic nitrogens is 1. The van der Waals surface area contributed by atoms with Crippen LogP contribution in [0.2, 0.25) is 0 Å². The van der Waals surface area contributed by atoms with Gasteiger partial charge in [0.2, 0.25) is 0 Å². The molecule has 0 aliphatic carbocycles. The van der Waals surface area contributed by atoms with E-state index in [4.69, 9.17) is 18.7 Å². The van der Waals surface area contributed by atoms with Gasteiger partial charge in [0, 0.05) is 18.7 Å². The molecule has 0 saturated carbocycles. The quantitative estimate of drug-likeness (QED) is 0.521. The fourth-order valence-electron chi connectivity index (χ4n) is 3.15. The molecule has 0 atom stereocenters. The molecular formula is C24H28N2O5. The minimum atomic E-state index is -0.193. The third kappa shape index (κ3) is 5.64. The van der Waals surface area contributed by atoms with Crippen LogP contribution in [0.5, 0.6) is 11.5 Å². The highest BCUT2D eigenvalue weighted by molar-refractivity contribution is 5.94. The molecule has 0 spiro atoms. The molecule has 0 unspecified atom stereocenters. The van der Waals surface area contributed by atoms with Crippen LogP contribution in [0.4, 0.5) is 0 Å². The number of nitrogens with one attached hydrogen (secondary N) is 1. The highest BCUT2D eigenvalue weighted by atomic mass is 16.5. The van der Waals surface area contributed by atoms with Crippen molar-refractivity contribution in [3.05, 3.63) is 76.2 Å². The number of aryl methyl sites for hydroxylation is 2. The summed E-state index contributed by atoms with van der Waals surface area (Å²) in [7, 11) is 1.55. The molecule has 7 heteroatoms. The summed E-state index contributed by atoms with van der Waals surface area (Å²) < 4.78 is 22.0. The Morgan fingerprint density at radius 1 is 1.06 bits per heavy atom. The highest BCUT2D eigenvalue weighted by Gasteiger charge is 2.14. The van der Waals surface area contributed by atoms with Crippen molar-refractivity contribution in [2.24, 2.45) is 0 Å². The number of rotatable bonds is 10. The van der Waals surface area contributed by atoms with Crippen molar-refractivity contribution in [3.63, 3.8) is 0 Å². The molecule has 0 saturated heterocycles. The summed E-state index contributed by atoms with van der Waals surface area (Å²) in [6, 6.07) is 13.0. The Hall–Kier alpha value is -3.32. The van der Waals surface area contributed by atoms with Gasteiger partial charge in [0.1, 0.15) is 12.4 Å². The van der Waals surface area contributed by atoms with E-state index in [0.29, 0.717) is 43.4 Å². The first-order valence-corrected chi connectivity index (χ1v) is 10.2. The van der Waals surface area contributed by atoms with Crippen LogP contribution < -0.4 is 14.8 Å². The average molecular weight is 424 g/mol. The molecule has 0 bridgehead atoms. The molecule has 31 heavy (non-hydrogen) atoms. The van der Waals surface area contributed by atoms with E-state index in [1.807, 2.05) is 45.0 Å². The van der Waals surface area contributed by atoms with Gasteiger partial charge in [-0.2, -0.15) is 0 Å². The maximum absolute atomic E-state index is 12.7. The van der Waals surface area contributed by atoms with Gasteiger partial charge in [0.15, 0.2) is 11.5 Å². The maximum atomic E-state index is 12.7. The Morgan fingerprint density at radius 2 is 1.84 bits per heavy atom. The van der Waals surface area contributed by atoms with Crippen LogP contribution >= 0.6 is 0 Å². The summed E-state index contributed by atoms with van der Waals surface area (Å²) in [6.45, 7) is 7.55. The summed E-state index contributed by atoms with van der Waals surface area (Å²) in [6.07, 6.45) is 0. The number of carbonyl (C=O) groups excluding carboxylic acids is 1. The van der Waals surface area contributed by atoms with Gasteiger partial charge in [0.05, 0.1) is 25.0 Å².